The fourth-order valence-electron chi connectivity index (χ4n) is 1.84. The van der Waals surface area contributed by atoms with Gasteiger partial charge in [0.15, 0.2) is 0 Å². The minimum absolute atomic E-state index is 0.0247. The van der Waals surface area contributed by atoms with Gasteiger partial charge in [-0.25, -0.2) is 0 Å². The van der Waals surface area contributed by atoms with Crippen LogP contribution in [0.5, 0.6) is 0 Å². The molecule has 106 valence electrons. The third-order valence-electron chi connectivity index (χ3n) is 3.68. The predicted octanol–water partition coefficient (Wildman–Crippen LogP) is 3.17. The number of amides is 1. The number of hydrogen-bond donors (Lipinski definition) is 2. The van der Waals surface area contributed by atoms with Crippen molar-refractivity contribution in [3.8, 4) is 0 Å². The van der Waals surface area contributed by atoms with Gasteiger partial charge in [0.2, 0.25) is 5.91 Å². The van der Waals surface area contributed by atoms with E-state index in [1.165, 1.54) is 0 Å². The lowest BCUT2D eigenvalue weighted by Gasteiger charge is -2.22. The van der Waals surface area contributed by atoms with Crippen LogP contribution in [-0.4, -0.2) is 17.6 Å². The number of aliphatic hydroxyl groups excluding tert-OH is 1. The summed E-state index contributed by atoms with van der Waals surface area (Å²) < 4.78 is 0. The van der Waals surface area contributed by atoms with Gasteiger partial charge in [0.05, 0.1) is 12.6 Å². The summed E-state index contributed by atoms with van der Waals surface area (Å²) in [5.41, 5.74) is 0.858. The molecule has 0 saturated carbocycles. The Kier molecular flexibility index (Phi) is 6.32. The van der Waals surface area contributed by atoms with Gasteiger partial charge in [-0.05, 0) is 23.6 Å². The van der Waals surface area contributed by atoms with Crippen molar-refractivity contribution in [2.75, 3.05) is 6.61 Å². The standard InChI is InChI=1S/C15H22ClNO2/c1-4-10(2)11(3)15(19)17-14(9-18)12-5-7-13(16)8-6-12/h5-8,10-11,14,18H,4,9H2,1-3H3,(H,17,19). The lowest BCUT2D eigenvalue weighted by molar-refractivity contribution is -0.127. The Bertz CT molecular complexity index is 405. The molecule has 0 aromatic heterocycles. The van der Waals surface area contributed by atoms with Crippen LogP contribution < -0.4 is 5.32 Å². The summed E-state index contributed by atoms with van der Waals surface area (Å²) in [7, 11) is 0. The summed E-state index contributed by atoms with van der Waals surface area (Å²) in [6.07, 6.45) is 0.958. The zero-order valence-corrected chi connectivity index (χ0v) is 12.4. The van der Waals surface area contributed by atoms with Crippen molar-refractivity contribution in [2.24, 2.45) is 11.8 Å². The van der Waals surface area contributed by atoms with Crippen molar-refractivity contribution < 1.29 is 9.90 Å². The highest BCUT2D eigenvalue weighted by molar-refractivity contribution is 6.30. The normalized spacial score (nSPS) is 15.6. The predicted molar refractivity (Wildman–Crippen MR) is 78.0 cm³/mol. The zero-order valence-electron chi connectivity index (χ0n) is 11.7. The Hall–Kier alpha value is -1.06. The molecule has 0 fully saturated rings. The van der Waals surface area contributed by atoms with E-state index in [-0.39, 0.29) is 24.5 Å². The van der Waals surface area contributed by atoms with Crippen molar-refractivity contribution in [1.82, 2.24) is 5.32 Å². The van der Waals surface area contributed by atoms with Gasteiger partial charge in [0.1, 0.15) is 0 Å². The van der Waals surface area contributed by atoms with Gasteiger partial charge < -0.3 is 10.4 Å². The maximum Gasteiger partial charge on any atom is 0.223 e. The highest BCUT2D eigenvalue weighted by Gasteiger charge is 2.22. The molecule has 0 heterocycles. The smallest absolute Gasteiger partial charge is 0.223 e. The van der Waals surface area contributed by atoms with Crippen LogP contribution in [0, 0.1) is 11.8 Å². The molecule has 0 bridgehead atoms. The summed E-state index contributed by atoms with van der Waals surface area (Å²) in [5, 5.41) is 13.0. The van der Waals surface area contributed by atoms with Crippen LogP contribution in [-0.2, 0) is 4.79 Å². The quantitative estimate of drug-likeness (QED) is 0.842. The highest BCUT2D eigenvalue weighted by Crippen LogP contribution is 2.19. The molecule has 0 aliphatic rings. The molecule has 19 heavy (non-hydrogen) atoms. The van der Waals surface area contributed by atoms with E-state index >= 15 is 0 Å². The number of nitrogens with one attached hydrogen (secondary N) is 1. The van der Waals surface area contributed by atoms with Crippen molar-refractivity contribution in [1.29, 1.82) is 0 Å². The van der Waals surface area contributed by atoms with Crippen LogP contribution in [0.15, 0.2) is 24.3 Å². The summed E-state index contributed by atoms with van der Waals surface area (Å²) in [6.45, 7) is 5.91. The van der Waals surface area contributed by atoms with Crippen molar-refractivity contribution >= 4 is 17.5 Å². The number of hydrogen-bond acceptors (Lipinski definition) is 2. The van der Waals surface area contributed by atoms with Crippen molar-refractivity contribution in [3.05, 3.63) is 34.9 Å². The monoisotopic (exact) mass is 283 g/mol. The van der Waals surface area contributed by atoms with E-state index in [0.717, 1.165) is 12.0 Å². The van der Waals surface area contributed by atoms with E-state index in [4.69, 9.17) is 11.6 Å². The largest absolute Gasteiger partial charge is 0.394 e. The van der Waals surface area contributed by atoms with Crippen LogP contribution in [0.3, 0.4) is 0 Å². The Balaban J connectivity index is 2.72. The fraction of sp³-hybridized carbons (Fsp3) is 0.533. The first-order valence-corrected chi connectivity index (χ1v) is 7.04. The second-order valence-electron chi connectivity index (χ2n) is 4.97. The number of halogens is 1. The third-order valence-corrected chi connectivity index (χ3v) is 3.93. The van der Waals surface area contributed by atoms with E-state index in [1.54, 1.807) is 12.1 Å². The van der Waals surface area contributed by atoms with Gasteiger partial charge in [-0.3, -0.25) is 4.79 Å². The molecule has 2 N–H and O–H groups in total. The molecule has 0 aliphatic heterocycles. The Morgan fingerprint density at radius 3 is 2.37 bits per heavy atom. The number of carbonyl (C=O) groups excluding carboxylic acids is 1. The molecule has 3 atom stereocenters. The zero-order chi connectivity index (χ0) is 14.4. The summed E-state index contributed by atoms with van der Waals surface area (Å²) >= 11 is 5.83. The number of benzene rings is 1. The molecule has 3 nitrogen and oxygen atoms in total. The molecular formula is C15H22ClNO2. The molecule has 0 aliphatic carbocycles. The fourth-order valence-corrected chi connectivity index (χ4v) is 1.97. The summed E-state index contributed by atoms with van der Waals surface area (Å²) in [5.74, 6) is 0.235. The average molecular weight is 284 g/mol. The minimum atomic E-state index is -0.378. The van der Waals surface area contributed by atoms with Gasteiger partial charge in [-0.1, -0.05) is 50.9 Å². The number of carbonyl (C=O) groups is 1. The first-order chi connectivity index (χ1) is 8.99. The lowest BCUT2D eigenvalue weighted by Crippen LogP contribution is -2.36. The molecular weight excluding hydrogens is 262 g/mol. The van der Waals surface area contributed by atoms with Gasteiger partial charge in [-0.2, -0.15) is 0 Å². The molecule has 0 radical (unpaired) electrons. The first-order valence-electron chi connectivity index (χ1n) is 6.66. The van der Waals surface area contributed by atoms with E-state index in [9.17, 15) is 9.90 Å². The summed E-state index contributed by atoms with van der Waals surface area (Å²) in [4.78, 5) is 12.1. The maximum atomic E-state index is 12.1. The lowest BCUT2D eigenvalue weighted by atomic mass is 9.92. The summed E-state index contributed by atoms with van der Waals surface area (Å²) in [6, 6.07) is 6.76. The Morgan fingerprint density at radius 2 is 1.89 bits per heavy atom. The molecule has 0 saturated heterocycles. The van der Waals surface area contributed by atoms with E-state index in [1.807, 2.05) is 19.1 Å². The van der Waals surface area contributed by atoms with Gasteiger partial charge in [0, 0.05) is 10.9 Å². The Morgan fingerprint density at radius 1 is 1.32 bits per heavy atom. The number of rotatable bonds is 6. The molecule has 4 heteroatoms. The highest BCUT2D eigenvalue weighted by atomic mass is 35.5. The Labute approximate surface area is 120 Å². The molecule has 1 amide bonds. The first kappa shape index (κ1) is 16.0. The minimum Gasteiger partial charge on any atom is -0.394 e. The van der Waals surface area contributed by atoms with Gasteiger partial charge in [-0.15, -0.1) is 0 Å². The van der Waals surface area contributed by atoms with Gasteiger partial charge in [0.25, 0.3) is 0 Å². The molecule has 0 spiro atoms. The molecule has 1 rings (SSSR count). The van der Waals surface area contributed by atoms with E-state index < -0.39 is 0 Å². The topological polar surface area (TPSA) is 49.3 Å². The SMILES string of the molecule is CCC(C)C(C)C(=O)NC(CO)c1ccc(Cl)cc1. The van der Waals surface area contributed by atoms with Crippen LogP contribution in [0.2, 0.25) is 5.02 Å². The van der Waals surface area contributed by atoms with Crippen LogP contribution in [0.25, 0.3) is 0 Å². The molecule has 1 aromatic rings. The van der Waals surface area contributed by atoms with Crippen LogP contribution >= 0.6 is 11.6 Å². The third kappa shape index (κ3) is 4.51. The van der Waals surface area contributed by atoms with Gasteiger partial charge >= 0.3 is 0 Å². The maximum absolute atomic E-state index is 12.1. The van der Waals surface area contributed by atoms with Crippen LogP contribution in [0.1, 0.15) is 38.8 Å². The second-order valence-corrected chi connectivity index (χ2v) is 5.41. The van der Waals surface area contributed by atoms with E-state index in [2.05, 4.69) is 19.2 Å². The van der Waals surface area contributed by atoms with Crippen molar-refractivity contribution in [3.63, 3.8) is 0 Å². The number of aliphatic hydroxyl groups is 1. The molecule has 1 aromatic carbocycles. The average Bonchev–Trinajstić information content (AvgIpc) is 2.43. The van der Waals surface area contributed by atoms with Crippen molar-refractivity contribution in [2.45, 2.75) is 33.2 Å². The molecule has 3 unspecified atom stereocenters. The second kappa shape index (κ2) is 7.51. The van der Waals surface area contributed by atoms with Crippen LogP contribution in [0.4, 0.5) is 0 Å². The van der Waals surface area contributed by atoms with E-state index in [0.29, 0.717) is 10.9 Å².